The van der Waals surface area contributed by atoms with E-state index in [1.54, 1.807) is 6.20 Å². The summed E-state index contributed by atoms with van der Waals surface area (Å²) in [5.41, 5.74) is 15.6. The van der Waals surface area contributed by atoms with E-state index in [0.717, 1.165) is 12.2 Å². The summed E-state index contributed by atoms with van der Waals surface area (Å²) < 4.78 is 5.97. The highest BCUT2D eigenvalue weighted by atomic mass is 35.5. The average molecular weight is 403 g/mol. The maximum absolute atomic E-state index is 6.25. The quantitative estimate of drug-likeness (QED) is 0.692. The molecule has 0 radical (unpaired) electrons. The molecule has 2 aromatic rings. The molecule has 1 saturated heterocycles. The van der Waals surface area contributed by atoms with Gasteiger partial charge in [-0.25, -0.2) is 0 Å². The lowest BCUT2D eigenvalue weighted by Gasteiger charge is -2.32. The lowest BCUT2D eigenvalue weighted by Crippen LogP contribution is -2.34. The van der Waals surface area contributed by atoms with Crippen LogP contribution in [0.5, 0.6) is 5.75 Å². The van der Waals surface area contributed by atoms with E-state index in [-0.39, 0.29) is 18.4 Å². The number of hydrazine groups is 1. The first-order chi connectivity index (χ1) is 13.2. The fraction of sp³-hybridized carbons (Fsp3) is 0.500. The number of hydrogen-bond acceptors (Lipinski definition) is 5. The Morgan fingerprint density at radius 2 is 2.00 bits per heavy atom. The smallest absolute Gasteiger partial charge is 0.137 e. The van der Waals surface area contributed by atoms with Gasteiger partial charge in [-0.05, 0) is 61.6 Å². The molecule has 1 aliphatic heterocycles. The van der Waals surface area contributed by atoms with Crippen molar-refractivity contribution in [2.45, 2.75) is 56.7 Å². The van der Waals surface area contributed by atoms with E-state index in [9.17, 15) is 0 Å². The maximum Gasteiger partial charge on any atom is 0.137 e. The highest BCUT2D eigenvalue weighted by Crippen LogP contribution is 2.39. The summed E-state index contributed by atoms with van der Waals surface area (Å²) in [4.78, 5) is 4.43. The normalized spacial score (nSPS) is 27.5. The van der Waals surface area contributed by atoms with Gasteiger partial charge in [0.15, 0.2) is 0 Å². The van der Waals surface area contributed by atoms with Crippen molar-refractivity contribution in [3.05, 3.63) is 59.9 Å². The molecule has 5 nitrogen and oxygen atoms in total. The molecule has 28 heavy (non-hydrogen) atoms. The standard InChI is InChI=1S/C22H30N4O.ClH/c1-15-21-11-17(7-8-22(21)26-25-15)18-10-20(13-24-12-18)27-14-19(23)9-16-5-3-2-4-6-16;/h2-6,10,12-13,15,17,19,21-22,25-26H,7-9,11,14,23H2,1H3;1H/t15?,17?,19-,21?,22?;/m0./s1. The third-order valence-electron chi connectivity index (χ3n) is 6.05. The van der Waals surface area contributed by atoms with Crippen molar-refractivity contribution < 1.29 is 4.74 Å². The summed E-state index contributed by atoms with van der Waals surface area (Å²) in [6.45, 7) is 2.77. The summed E-state index contributed by atoms with van der Waals surface area (Å²) in [6, 6.07) is 13.6. The predicted octanol–water partition coefficient (Wildman–Crippen LogP) is 3.20. The summed E-state index contributed by atoms with van der Waals surface area (Å²) in [5.74, 6) is 2.07. The molecule has 4 rings (SSSR count). The van der Waals surface area contributed by atoms with Gasteiger partial charge in [0.1, 0.15) is 12.4 Å². The van der Waals surface area contributed by atoms with Crippen molar-refractivity contribution >= 4 is 12.4 Å². The van der Waals surface area contributed by atoms with Gasteiger partial charge in [0.25, 0.3) is 0 Å². The van der Waals surface area contributed by atoms with Gasteiger partial charge in [-0.2, -0.15) is 0 Å². The second-order valence-electron chi connectivity index (χ2n) is 8.07. The predicted molar refractivity (Wildman–Crippen MR) is 115 cm³/mol. The third-order valence-corrected chi connectivity index (χ3v) is 6.05. The number of pyridine rings is 1. The molecule has 1 aliphatic carbocycles. The zero-order chi connectivity index (χ0) is 18.6. The molecule has 4 unspecified atom stereocenters. The van der Waals surface area contributed by atoms with E-state index in [2.05, 4.69) is 41.0 Å². The molecule has 1 aromatic carbocycles. The number of aromatic nitrogens is 1. The zero-order valence-electron chi connectivity index (χ0n) is 16.4. The largest absolute Gasteiger partial charge is 0.490 e. The van der Waals surface area contributed by atoms with Crippen LogP contribution in [0, 0.1) is 5.92 Å². The van der Waals surface area contributed by atoms with Crippen molar-refractivity contribution in [1.82, 2.24) is 15.8 Å². The van der Waals surface area contributed by atoms with E-state index in [4.69, 9.17) is 10.5 Å². The van der Waals surface area contributed by atoms with Gasteiger partial charge in [0, 0.05) is 24.3 Å². The minimum Gasteiger partial charge on any atom is -0.490 e. The Morgan fingerprint density at radius 3 is 2.82 bits per heavy atom. The Kier molecular flexibility index (Phi) is 7.30. The molecule has 6 heteroatoms. The van der Waals surface area contributed by atoms with Crippen molar-refractivity contribution in [1.29, 1.82) is 0 Å². The lowest BCUT2D eigenvalue weighted by molar-refractivity contribution is 0.276. The van der Waals surface area contributed by atoms with Gasteiger partial charge >= 0.3 is 0 Å². The number of nitrogens with one attached hydrogen (secondary N) is 2. The molecule has 4 N–H and O–H groups in total. The van der Waals surface area contributed by atoms with Crippen LogP contribution >= 0.6 is 12.4 Å². The molecular formula is C22H31ClN4O. The van der Waals surface area contributed by atoms with Crippen molar-refractivity contribution in [3.8, 4) is 5.75 Å². The number of nitrogens with zero attached hydrogens (tertiary/aromatic N) is 1. The molecule has 1 saturated carbocycles. The van der Waals surface area contributed by atoms with E-state index in [1.807, 2.05) is 24.4 Å². The van der Waals surface area contributed by atoms with E-state index in [1.165, 1.54) is 30.4 Å². The van der Waals surface area contributed by atoms with Crippen LogP contribution in [0.25, 0.3) is 0 Å². The number of halogens is 1. The molecule has 2 fully saturated rings. The Hall–Kier alpha value is -1.66. The summed E-state index contributed by atoms with van der Waals surface area (Å²) >= 11 is 0. The van der Waals surface area contributed by atoms with E-state index in [0.29, 0.717) is 30.5 Å². The van der Waals surface area contributed by atoms with Gasteiger partial charge in [-0.1, -0.05) is 30.3 Å². The van der Waals surface area contributed by atoms with Gasteiger partial charge < -0.3 is 10.5 Å². The van der Waals surface area contributed by atoms with Crippen molar-refractivity contribution in [2.75, 3.05) is 6.61 Å². The van der Waals surface area contributed by atoms with Crippen LogP contribution in [0.2, 0.25) is 0 Å². The minimum absolute atomic E-state index is 0. The van der Waals surface area contributed by atoms with Crippen LogP contribution < -0.4 is 21.3 Å². The highest BCUT2D eigenvalue weighted by Gasteiger charge is 2.38. The number of ether oxygens (including phenoxy) is 1. The fourth-order valence-electron chi connectivity index (χ4n) is 4.50. The maximum atomic E-state index is 6.25. The molecule has 2 heterocycles. The monoisotopic (exact) mass is 402 g/mol. The van der Waals surface area contributed by atoms with Gasteiger partial charge in [0.05, 0.1) is 6.20 Å². The van der Waals surface area contributed by atoms with Crippen LogP contribution in [0.4, 0.5) is 0 Å². The lowest BCUT2D eigenvalue weighted by atomic mass is 9.74. The summed E-state index contributed by atoms with van der Waals surface area (Å²) in [5, 5.41) is 0. The Morgan fingerprint density at radius 1 is 1.18 bits per heavy atom. The van der Waals surface area contributed by atoms with Gasteiger partial charge in [0.2, 0.25) is 0 Å². The molecule has 0 amide bonds. The number of nitrogens with two attached hydrogens (primary N) is 1. The molecule has 5 atom stereocenters. The van der Waals surface area contributed by atoms with Crippen LogP contribution in [0.3, 0.4) is 0 Å². The Labute approximate surface area is 173 Å². The molecule has 0 spiro atoms. The number of hydrogen-bond donors (Lipinski definition) is 3. The molecule has 2 aliphatic rings. The molecular weight excluding hydrogens is 372 g/mol. The van der Waals surface area contributed by atoms with Crippen molar-refractivity contribution in [3.63, 3.8) is 0 Å². The minimum atomic E-state index is -0.0250. The van der Waals surface area contributed by atoms with Crippen LogP contribution in [0.1, 0.15) is 43.2 Å². The molecule has 0 bridgehead atoms. The fourth-order valence-corrected chi connectivity index (χ4v) is 4.50. The third kappa shape index (κ3) is 5.03. The molecule has 1 aromatic heterocycles. The van der Waals surface area contributed by atoms with Crippen molar-refractivity contribution in [2.24, 2.45) is 11.7 Å². The zero-order valence-corrected chi connectivity index (χ0v) is 17.2. The summed E-state index contributed by atoms with van der Waals surface area (Å²) in [7, 11) is 0. The first kappa shape index (κ1) is 21.1. The Balaban J connectivity index is 0.00000225. The van der Waals surface area contributed by atoms with Crippen LogP contribution in [-0.4, -0.2) is 29.7 Å². The topological polar surface area (TPSA) is 72.2 Å². The average Bonchev–Trinajstić information content (AvgIpc) is 3.08. The van der Waals surface area contributed by atoms with E-state index < -0.39 is 0 Å². The van der Waals surface area contributed by atoms with E-state index >= 15 is 0 Å². The second kappa shape index (κ2) is 9.70. The van der Waals surface area contributed by atoms with Gasteiger partial charge in [-0.15, -0.1) is 12.4 Å². The SMILES string of the molecule is CC1NNC2CCC(c3cncc(OC[C@@H](N)Cc4ccccc4)c3)CC12.Cl. The first-order valence-corrected chi connectivity index (χ1v) is 10.1. The number of fused-ring (bicyclic) bond motifs is 1. The number of rotatable bonds is 6. The first-order valence-electron chi connectivity index (χ1n) is 10.1. The van der Waals surface area contributed by atoms with Crippen LogP contribution in [0.15, 0.2) is 48.8 Å². The highest BCUT2D eigenvalue weighted by molar-refractivity contribution is 5.85. The Bertz CT molecular complexity index is 744. The number of benzene rings is 1. The molecule has 152 valence electrons. The van der Waals surface area contributed by atoms with Crippen LogP contribution in [-0.2, 0) is 6.42 Å². The second-order valence-corrected chi connectivity index (χ2v) is 8.07. The summed E-state index contributed by atoms with van der Waals surface area (Å²) in [6.07, 6.45) is 8.22. The van der Waals surface area contributed by atoms with Gasteiger partial charge in [-0.3, -0.25) is 15.8 Å².